The van der Waals surface area contributed by atoms with Gasteiger partial charge in [0.25, 0.3) is 0 Å². The predicted molar refractivity (Wildman–Crippen MR) is 51.2 cm³/mol. The third kappa shape index (κ3) is 7.76. The van der Waals surface area contributed by atoms with E-state index < -0.39 is 0 Å². The number of aliphatic hydroxyl groups excluding tert-OH is 1. The fraction of sp³-hybridized carbons (Fsp3) is 0.800. The number of hydrogen-bond donors (Lipinski definition) is 1. The average molecular weight is 172 g/mol. The number of ether oxygens (including phenoxy) is 1. The van der Waals surface area contributed by atoms with E-state index >= 15 is 0 Å². The molecule has 12 heavy (non-hydrogen) atoms. The molecule has 0 spiro atoms. The smallest absolute Gasteiger partial charge is 0.0578 e. The highest BCUT2D eigenvalue weighted by Crippen LogP contribution is 2.07. The molecule has 1 N–H and O–H groups in total. The molecule has 72 valence electrons. The van der Waals surface area contributed by atoms with Gasteiger partial charge in [-0.1, -0.05) is 5.57 Å². The van der Waals surface area contributed by atoms with Crippen molar-refractivity contribution in [3.63, 3.8) is 0 Å². The van der Waals surface area contributed by atoms with Crippen LogP contribution < -0.4 is 0 Å². The maximum absolute atomic E-state index is 9.40. The minimum Gasteiger partial charge on any atom is -0.393 e. The van der Waals surface area contributed by atoms with Gasteiger partial charge < -0.3 is 9.84 Å². The first-order valence-corrected chi connectivity index (χ1v) is 4.57. The maximum Gasteiger partial charge on any atom is 0.0578 e. The Morgan fingerprint density at radius 1 is 1.58 bits per heavy atom. The van der Waals surface area contributed by atoms with Crippen molar-refractivity contribution in [2.45, 2.75) is 39.2 Å². The molecule has 2 heteroatoms. The molecule has 0 aromatic heterocycles. The summed E-state index contributed by atoms with van der Waals surface area (Å²) in [5.74, 6) is 0. The zero-order valence-corrected chi connectivity index (χ0v) is 8.18. The predicted octanol–water partition coefficient (Wildman–Crippen LogP) is 2.13. The van der Waals surface area contributed by atoms with Crippen LogP contribution in [0.5, 0.6) is 0 Å². The second-order valence-electron chi connectivity index (χ2n) is 3.15. The van der Waals surface area contributed by atoms with E-state index in [9.17, 15) is 5.11 Å². The minimum atomic E-state index is -0.233. The van der Waals surface area contributed by atoms with Crippen LogP contribution in [0.4, 0.5) is 0 Å². The number of rotatable bonds is 7. The molecule has 0 rings (SSSR count). The van der Waals surface area contributed by atoms with E-state index in [-0.39, 0.29) is 6.10 Å². The Kier molecular flexibility index (Phi) is 7.11. The molecule has 0 saturated heterocycles. The van der Waals surface area contributed by atoms with Crippen LogP contribution in [0.25, 0.3) is 0 Å². The SMILES string of the molecule is C=C(C)CC(O)CCCOCC. The molecule has 0 amide bonds. The summed E-state index contributed by atoms with van der Waals surface area (Å²) in [6.07, 6.45) is 2.23. The lowest BCUT2D eigenvalue weighted by Crippen LogP contribution is -2.08. The molecular weight excluding hydrogens is 152 g/mol. The van der Waals surface area contributed by atoms with E-state index in [4.69, 9.17) is 4.74 Å². The standard InChI is InChI=1S/C10H20O2/c1-4-12-7-5-6-10(11)8-9(2)3/h10-11H,2,4-8H2,1,3H3. The van der Waals surface area contributed by atoms with Gasteiger partial charge in [0.1, 0.15) is 0 Å². The Labute approximate surface area is 75.2 Å². The van der Waals surface area contributed by atoms with Gasteiger partial charge in [-0.05, 0) is 33.1 Å². The van der Waals surface area contributed by atoms with Gasteiger partial charge in [-0.25, -0.2) is 0 Å². The zero-order valence-electron chi connectivity index (χ0n) is 8.18. The van der Waals surface area contributed by atoms with Crippen molar-refractivity contribution in [1.82, 2.24) is 0 Å². The fourth-order valence-corrected chi connectivity index (χ4v) is 1.07. The normalized spacial score (nSPS) is 12.9. The lowest BCUT2D eigenvalue weighted by molar-refractivity contribution is 0.114. The van der Waals surface area contributed by atoms with E-state index in [1.807, 2.05) is 13.8 Å². The van der Waals surface area contributed by atoms with Crippen molar-refractivity contribution in [3.05, 3.63) is 12.2 Å². The summed E-state index contributed by atoms with van der Waals surface area (Å²) in [5.41, 5.74) is 1.04. The first kappa shape index (κ1) is 11.7. The first-order valence-electron chi connectivity index (χ1n) is 4.57. The summed E-state index contributed by atoms with van der Waals surface area (Å²) in [5, 5.41) is 9.40. The summed E-state index contributed by atoms with van der Waals surface area (Å²) in [6, 6.07) is 0. The first-order chi connectivity index (χ1) is 5.66. The van der Waals surface area contributed by atoms with Crippen LogP contribution in [0, 0.1) is 0 Å². The van der Waals surface area contributed by atoms with Crippen molar-refractivity contribution < 1.29 is 9.84 Å². The van der Waals surface area contributed by atoms with E-state index in [0.717, 1.165) is 31.6 Å². The zero-order chi connectivity index (χ0) is 9.40. The maximum atomic E-state index is 9.40. The molecule has 0 bridgehead atoms. The third-order valence-electron chi connectivity index (χ3n) is 1.61. The highest BCUT2D eigenvalue weighted by atomic mass is 16.5. The van der Waals surface area contributed by atoms with Crippen molar-refractivity contribution >= 4 is 0 Å². The summed E-state index contributed by atoms with van der Waals surface area (Å²) >= 11 is 0. The van der Waals surface area contributed by atoms with E-state index in [2.05, 4.69) is 6.58 Å². The molecular formula is C10H20O2. The van der Waals surface area contributed by atoms with Gasteiger partial charge in [0.15, 0.2) is 0 Å². The molecule has 0 aliphatic carbocycles. The Hall–Kier alpha value is -0.340. The minimum absolute atomic E-state index is 0.233. The molecule has 0 fully saturated rings. The Bertz CT molecular complexity index is 121. The molecule has 0 aliphatic heterocycles. The van der Waals surface area contributed by atoms with Gasteiger partial charge in [-0.2, -0.15) is 0 Å². The molecule has 1 atom stereocenters. The Morgan fingerprint density at radius 2 is 2.25 bits per heavy atom. The van der Waals surface area contributed by atoms with E-state index in [1.165, 1.54) is 0 Å². The van der Waals surface area contributed by atoms with Gasteiger partial charge in [0, 0.05) is 13.2 Å². The highest BCUT2D eigenvalue weighted by Gasteiger charge is 2.02. The number of aliphatic hydroxyl groups is 1. The van der Waals surface area contributed by atoms with Crippen LogP contribution in [0.1, 0.15) is 33.1 Å². The second kappa shape index (κ2) is 7.32. The summed E-state index contributed by atoms with van der Waals surface area (Å²) < 4.78 is 5.16. The fourth-order valence-electron chi connectivity index (χ4n) is 1.07. The second-order valence-corrected chi connectivity index (χ2v) is 3.15. The van der Waals surface area contributed by atoms with Crippen molar-refractivity contribution in [1.29, 1.82) is 0 Å². The topological polar surface area (TPSA) is 29.5 Å². The van der Waals surface area contributed by atoms with Crippen molar-refractivity contribution in [2.24, 2.45) is 0 Å². The van der Waals surface area contributed by atoms with Crippen molar-refractivity contribution in [2.75, 3.05) is 13.2 Å². The summed E-state index contributed by atoms with van der Waals surface area (Å²) in [6.45, 7) is 9.18. The lowest BCUT2D eigenvalue weighted by atomic mass is 10.1. The number of hydrogen-bond acceptors (Lipinski definition) is 2. The van der Waals surface area contributed by atoms with Gasteiger partial charge in [-0.15, -0.1) is 6.58 Å². The molecule has 0 aliphatic rings. The van der Waals surface area contributed by atoms with Crippen LogP contribution in [0.15, 0.2) is 12.2 Å². The van der Waals surface area contributed by atoms with E-state index in [1.54, 1.807) is 0 Å². The molecule has 0 radical (unpaired) electrons. The molecule has 1 unspecified atom stereocenters. The molecule has 0 heterocycles. The average Bonchev–Trinajstić information content (AvgIpc) is 1.97. The third-order valence-corrected chi connectivity index (χ3v) is 1.61. The van der Waals surface area contributed by atoms with Crippen LogP contribution in [-0.4, -0.2) is 24.4 Å². The summed E-state index contributed by atoms with van der Waals surface area (Å²) in [4.78, 5) is 0. The molecule has 0 aromatic carbocycles. The van der Waals surface area contributed by atoms with E-state index in [0.29, 0.717) is 6.42 Å². The van der Waals surface area contributed by atoms with Gasteiger partial charge in [0.2, 0.25) is 0 Å². The van der Waals surface area contributed by atoms with Crippen LogP contribution in [0.2, 0.25) is 0 Å². The molecule has 2 nitrogen and oxygen atoms in total. The van der Waals surface area contributed by atoms with Gasteiger partial charge in [0.05, 0.1) is 6.10 Å². The van der Waals surface area contributed by atoms with Crippen LogP contribution >= 0.6 is 0 Å². The Balaban J connectivity index is 3.19. The van der Waals surface area contributed by atoms with Crippen LogP contribution in [-0.2, 0) is 4.74 Å². The summed E-state index contributed by atoms with van der Waals surface area (Å²) in [7, 11) is 0. The lowest BCUT2D eigenvalue weighted by Gasteiger charge is -2.09. The Morgan fingerprint density at radius 3 is 2.75 bits per heavy atom. The van der Waals surface area contributed by atoms with Crippen LogP contribution in [0.3, 0.4) is 0 Å². The highest BCUT2D eigenvalue weighted by molar-refractivity contribution is 4.90. The largest absolute Gasteiger partial charge is 0.393 e. The quantitative estimate of drug-likeness (QED) is 0.471. The monoisotopic (exact) mass is 172 g/mol. The van der Waals surface area contributed by atoms with Gasteiger partial charge >= 0.3 is 0 Å². The van der Waals surface area contributed by atoms with Crippen molar-refractivity contribution in [3.8, 4) is 0 Å². The molecule has 0 aromatic rings. The molecule has 0 saturated carbocycles. The van der Waals surface area contributed by atoms with Gasteiger partial charge in [-0.3, -0.25) is 0 Å².